The number of benzene rings is 3. The normalized spacial score (nSPS) is 10.9. The summed E-state index contributed by atoms with van der Waals surface area (Å²) in [5.41, 5.74) is 6.93. The first-order valence-corrected chi connectivity index (χ1v) is 11.0. The molecule has 3 aromatic carbocycles. The summed E-state index contributed by atoms with van der Waals surface area (Å²) >= 11 is 0. The van der Waals surface area contributed by atoms with Gasteiger partial charge in [0.25, 0.3) is 0 Å². The Balaban J connectivity index is 1.95. The summed E-state index contributed by atoms with van der Waals surface area (Å²) in [7, 11) is 1.72. The number of aryl methyl sites for hydroxylation is 1. The molecule has 0 spiro atoms. The lowest BCUT2D eigenvalue weighted by Crippen LogP contribution is -2.03. The van der Waals surface area contributed by atoms with Crippen LogP contribution in [0.2, 0.25) is 0 Å². The number of nitrogens with zero attached hydrogens (tertiary/aromatic N) is 2. The molecule has 3 heteroatoms. The molecule has 0 atom stereocenters. The largest absolute Gasteiger partial charge is 0.497 e. The van der Waals surface area contributed by atoms with Crippen molar-refractivity contribution in [3.8, 4) is 23.1 Å². The molecule has 0 aliphatic carbocycles. The quantitative estimate of drug-likeness (QED) is 0.295. The molecule has 31 heavy (non-hydrogen) atoms. The van der Waals surface area contributed by atoms with Gasteiger partial charge in [0.05, 0.1) is 24.4 Å². The highest BCUT2D eigenvalue weighted by Gasteiger charge is 2.19. The van der Waals surface area contributed by atoms with Crippen LogP contribution in [0.15, 0.2) is 72.8 Å². The van der Waals surface area contributed by atoms with E-state index in [4.69, 9.17) is 4.74 Å². The maximum Gasteiger partial charge on any atom is 0.119 e. The molecular formula is C28H28N2O. The molecule has 0 aliphatic rings. The van der Waals surface area contributed by atoms with E-state index in [0.29, 0.717) is 5.56 Å². The predicted octanol–water partition coefficient (Wildman–Crippen LogP) is 6.97. The van der Waals surface area contributed by atoms with E-state index < -0.39 is 0 Å². The van der Waals surface area contributed by atoms with Crippen molar-refractivity contribution in [2.24, 2.45) is 0 Å². The second-order valence-corrected chi connectivity index (χ2v) is 7.93. The zero-order valence-corrected chi connectivity index (χ0v) is 18.3. The van der Waals surface area contributed by atoms with Gasteiger partial charge in [0.1, 0.15) is 5.75 Å². The van der Waals surface area contributed by atoms with Gasteiger partial charge in [-0.3, -0.25) is 0 Å². The van der Waals surface area contributed by atoms with E-state index >= 15 is 0 Å². The van der Waals surface area contributed by atoms with E-state index in [1.807, 2.05) is 18.2 Å². The van der Waals surface area contributed by atoms with Crippen LogP contribution < -0.4 is 4.74 Å². The number of aromatic nitrogens is 1. The fourth-order valence-electron chi connectivity index (χ4n) is 4.30. The maximum atomic E-state index is 9.25. The van der Waals surface area contributed by atoms with Crippen LogP contribution in [0.1, 0.15) is 42.9 Å². The minimum atomic E-state index is 0.684. The molecule has 0 amide bonds. The number of nitriles is 1. The van der Waals surface area contributed by atoms with Gasteiger partial charge < -0.3 is 9.30 Å². The second kappa shape index (κ2) is 9.53. The monoisotopic (exact) mass is 408 g/mol. The Bertz CT molecular complexity index is 1200. The lowest BCUT2D eigenvalue weighted by atomic mass is 9.99. The average Bonchev–Trinajstić information content (AvgIpc) is 3.12. The molecule has 0 radical (unpaired) electrons. The van der Waals surface area contributed by atoms with Gasteiger partial charge in [0.2, 0.25) is 0 Å². The van der Waals surface area contributed by atoms with Crippen LogP contribution in [0.3, 0.4) is 0 Å². The first kappa shape index (κ1) is 20.8. The number of unbranched alkanes of at least 4 members (excludes halogenated alkanes) is 2. The minimum Gasteiger partial charge on any atom is -0.497 e. The second-order valence-electron chi connectivity index (χ2n) is 7.93. The number of rotatable bonds is 8. The Hall–Kier alpha value is -3.51. The Morgan fingerprint density at radius 1 is 0.935 bits per heavy atom. The van der Waals surface area contributed by atoms with Gasteiger partial charge in [-0.15, -0.1) is 0 Å². The fraction of sp³-hybridized carbons (Fsp3) is 0.250. The van der Waals surface area contributed by atoms with E-state index in [0.717, 1.165) is 30.7 Å². The molecule has 0 saturated carbocycles. The molecule has 0 bridgehead atoms. The molecule has 1 aromatic heterocycles. The van der Waals surface area contributed by atoms with Crippen molar-refractivity contribution in [2.75, 3.05) is 7.11 Å². The standard InChI is InChI=1S/C28H28N2O/c1-3-4-6-11-25-26-18-24(31-2)16-17-27(26)30(20-22-9-7-5-8-10-22)28(25)23-14-12-21(19-29)13-15-23/h5,7-10,12-18H,3-4,6,11,20H2,1-2H3. The molecule has 4 rings (SSSR count). The third-order valence-corrected chi connectivity index (χ3v) is 5.88. The van der Waals surface area contributed by atoms with E-state index in [9.17, 15) is 5.26 Å². The number of ether oxygens (including phenoxy) is 1. The van der Waals surface area contributed by atoms with Crippen molar-refractivity contribution < 1.29 is 4.74 Å². The maximum absolute atomic E-state index is 9.25. The van der Waals surface area contributed by atoms with E-state index in [2.05, 4.69) is 72.2 Å². The predicted molar refractivity (Wildman–Crippen MR) is 127 cm³/mol. The van der Waals surface area contributed by atoms with E-state index in [-0.39, 0.29) is 0 Å². The summed E-state index contributed by atoms with van der Waals surface area (Å²) in [6.45, 7) is 3.04. The highest BCUT2D eigenvalue weighted by molar-refractivity contribution is 5.93. The molecular weight excluding hydrogens is 380 g/mol. The van der Waals surface area contributed by atoms with Gasteiger partial charge in [-0.1, -0.05) is 62.2 Å². The summed E-state index contributed by atoms with van der Waals surface area (Å²) in [4.78, 5) is 0. The molecule has 4 aromatic rings. The van der Waals surface area contributed by atoms with Crippen molar-refractivity contribution in [3.63, 3.8) is 0 Å². The lowest BCUT2D eigenvalue weighted by Gasteiger charge is -2.13. The van der Waals surface area contributed by atoms with Gasteiger partial charge in [0.15, 0.2) is 0 Å². The zero-order valence-electron chi connectivity index (χ0n) is 18.3. The molecule has 0 fully saturated rings. The van der Waals surface area contributed by atoms with Gasteiger partial charge in [-0.2, -0.15) is 5.26 Å². The van der Waals surface area contributed by atoms with Crippen molar-refractivity contribution in [1.29, 1.82) is 5.26 Å². The Morgan fingerprint density at radius 3 is 2.39 bits per heavy atom. The fourth-order valence-corrected chi connectivity index (χ4v) is 4.30. The summed E-state index contributed by atoms with van der Waals surface area (Å²) < 4.78 is 7.98. The number of methoxy groups -OCH3 is 1. The van der Waals surface area contributed by atoms with Crippen molar-refractivity contribution in [2.45, 2.75) is 39.2 Å². The Kier molecular flexibility index (Phi) is 6.38. The van der Waals surface area contributed by atoms with Gasteiger partial charge in [-0.25, -0.2) is 0 Å². The molecule has 156 valence electrons. The number of hydrogen-bond acceptors (Lipinski definition) is 2. The molecule has 1 heterocycles. The van der Waals surface area contributed by atoms with Crippen LogP contribution in [0.4, 0.5) is 0 Å². The molecule has 0 aliphatic heterocycles. The third kappa shape index (κ3) is 4.34. The molecule has 0 N–H and O–H groups in total. The molecule has 0 unspecified atom stereocenters. The lowest BCUT2D eigenvalue weighted by molar-refractivity contribution is 0.415. The number of fused-ring (bicyclic) bond motifs is 1. The first-order valence-electron chi connectivity index (χ1n) is 11.0. The average molecular weight is 409 g/mol. The van der Waals surface area contributed by atoms with Crippen molar-refractivity contribution in [1.82, 2.24) is 4.57 Å². The molecule has 0 saturated heterocycles. The van der Waals surface area contributed by atoms with Gasteiger partial charge in [0, 0.05) is 17.4 Å². The van der Waals surface area contributed by atoms with Crippen LogP contribution >= 0.6 is 0 Å². The Labute approximate surface area is 184 Å². The summed E-state index contributed by atoms with van der Waals surface area (Å²) in [5, 5.41) is 10.5. The SMILES string of the molecule is CCCCCc1c(-c2ccc(C#N)cc2)n(Cc2ccccc2)c2ccc(OC)cc12. The smallest absolute Gasteiger partial charge is 0.119 e. The summed E-state index contributed by atoms with van der Waals surface area (Å²) in [5.74, 6) is 0.882. The summed E-state index contributed by atoms with van der Waals surface area (Å²) in [6, 6.07) is 27.2. The zero-order chi connectivity index (χ0) is 21.6. The number of hydrogen-bond donors (Lipinski definition) is 0. The topological polar surface area (TPSA) is 38.0 Å². The molecule has 3 nitrogen and oxygen atoms in total. The van der Waals surface area contributed by atoms with Crippen molar-refractivity contribution >= 4 is 10.9 Å². The van der Waals surface area contributed by atoms with Crippen LogP contribution in [-0.4, -0.2) is 11.7 Å². The summed E-state index contributed by atoms with van der Waals surface area (Å²) in [6.07, 6.45) is 4.58. The van der Waals surface area contributed by atoms with Gasteiger partial charge >= 0.3 is 0 Å². The Morgan fingerprint density at radius 2 is 1.71 bits per heavy atom. The highest BCUT2D eigenvalue weighted by atomic mass is 16.5. The third-order valence-electron chi connectivity index (χ3n) is 5.88. The van der Waals surface area contributed by atoms with Crippen LogP contribution in [0, 0.1) is 11.3 Å². The van der Waals surface area contributed by atoms with E-state index in [1.165, 1.54) is 40.6 Å². The van der Waals surface area contributed by atoms with E-state index in [1.54, 1.807) is 7.11 Å². The van der Waals surface area contributed by atoms with Crippen molar-refractivity contribution in [3.05, 3.63) is 89.5 Å². The highest BCUT2D eigenvalue weighted by Crippen LogP contribution is 2.37. The minimum absolute atomic E-state index is 0.684. The van der Waals surface area contributed by atoms with Crippen LogP contribution in [-0.2, 0) is 13.0 Å². The first-order chi connectivity index (χ1) is 15.2. The van der Waals surface area contributed by atoms with Gasteiger partial charge in [-0.05, 0) is 59.9 Å². The van der Waals surface area contributed by atoms with Crippen LogP contribution in [0.25, 0.3) is 22.2 Å². The van der Waals surface area contributed by atoms with Crippen LogP contribution in [0.5, 0.6) is 5.75 Å².